The summed E-state index contributed by atoms with van der Waals surface area (Å²) < 4.78 is 2.33. The molecule has 3 nitrogen and oxygen atoms in total. The number of carbonyl (C=O) groups is 1. The number of nitrogens with zero attached hydrogens (tertiary/aromatic N) is 1. The second-order valence-electron chi connectivity index (χ2n) is 5.77. The predicted octanol–water partition coefficient (Wildman–Crippen LogP) is 4.77. The molecule has 0 aromatic carbocycles. The van der Waals surface area contributed by atoms with E-state index < -0.39 is 0 Å². The number of hydrogen-bond acceptors (Lipinski definition) is 2. The topological polar surface area (TPSA) is 48.0 Å². The normalized spacial score (nSPS) is 11.0. The van der Waals surface area contributed by atoms with Crippen molar-refractivity contribution in [2.45, 2.75) is 59.4 Å². The van der Waals surface area contributed by atoms with Crippen LogP contribution < -0.4 is 5.73 Å². The van der Waals surface area contributed by atoms with Gasteiger partial charge in [0.25, 0.3) is 5.91 Å². The molecular formula is C18H26N2OS. The number of carbonyl (C=O) groups excluding carboxylic acids is 1. The number of rotatable bonds is 8. The molecule has 0 saturated carbocycles. The molecule has 0 aliphatic rings. The van der Waals surface area contributed by atoms with Crippen LogP contribution in [0.5, 0.6) is 0 Å². The lowest BCUT2D eigenvalue weighted by Gasteiger charge is -2.12. The van der Waals surface area contributed by atoms with E-state index in [2.05, 4.69) is 35.2 Å². The van der Waals surface area contributed by atoms with E-state index in [1.165, 1.54) is 5.69 Å². The average Bonchev–Trinajstić information content (AvgIpc) is 3.09. The lowest BCUT2D eigenvalue weighted by molar-refractivity contribution is 0.1000. The molecule has 120 valence electrons. The van der Waals surface area contributed by atoms with Crippen LogP contribution in [0.1, 0.15) is 61.3 Å². The van der Waals surface area contributed by atoms with Gasteiger partial charge in [-0.2, -0.15) is 11.3 Å². The first-order chi connectivity index (χ1) is 10.6. The van der Waals surface area contributed by atoms with E-state index in [1.807, 2.05) is 6.92 Å². The van der Waals surface area contributed by atoms with Crippen molar-refractivity contribution in [1.29, 1.82) is 0 Å². The summed E-state index contributed by atoms with van der Waals surface area (Å²) in [5, 5.41) is 4.17. The van der Waals surface area contributed by atoms with Crippen molar-refractivity contribution in [2.75, 3.05) is 0 Å². The van der Waals surface area contributed by atoms with Crippen LogP contribution in [-0.4, -0.2) is 10.5 Å². The second kappa shape index (κ2) is 7.63. The van der Waals surface area contributed by atoms with Crippen molar-refractivity contribution < 1.29 is 4.79 Å². The van der Waals surface area contributed by atoms with Crippen LogP contribution >= 0.6 is 11.3 Å². The molecule has 2 aromatic heterocycles. The molecular weight excluding hydrogens is 292 g/mol. The molecule has 2 aromatic rings. The molecule has 0 aliphatic heterocycles. The van der Waals surface area contributed by atoms with Crippen molar-refractivity contribution in [3.05, 3.63) is 33.8 Å². The smallest absolute Gasteiger partial charge is 0.251 e. The van der Waals surface area contributed by atoms with Crippen LogP contribution in [0.2, 0.25) is 0 Å². The van der Waals surface area contributed by atoms with Gasteiger partial charge in [-0.3, -0.25) is 4.79 Å². The van der Waals surface area contributed by atoms with E-state index in [1.54, 1.807) is 11.3 Å². The van der Waals surface area contributed by atoms with E-state index in [-0.39, 0.29) is 5.91 Å². The Hall–Kier alpha value is -1.55. The lowest BCUT2D eigenvalue weighted by Crippen LogP contribution is -2.13. The fourth-order valence-electron chi connectivity index (χ4n) is 3.04. The number of hydrogen-bond donors (Lipinski definition) is 1. The van der Waals surface area contributed by atoms with Crippen LogP contribution in [0.15, 0.2) is 16.8 Å². The van der Waals surface area contributed by atoms with Gasteiger partial charge in [-0.15, -0.1) is 0 Å². The van der Waals surface area contributed by atoms with Crippen molar-refractivity contribution in [2.24, 2.45) is 5.73 Å². The monoisotopic (exact) mass is 318 g/mol. The van der Waals surface area contributed by atoms with Crippen LogP contribution in [0.3, 0.4) is 0 Å². The van der Waals surface area contributed by atoms with Crippen LogP contribution in [0, 0.1) is 6.92 Å². The van der Waals surface area contributed by atoms with Gasteiger partial charge < -0.3 is 10.3 Å². The Balaban J connectivity index is 2.62. The molecule has 2 N–H and O–H groups in total. The van der Waals surface area contributed by atoms with Crippen molar-refractivity contribution in [3.8, 4) is 11.1 Å². The minimum Gasteiger partial charge on any atom is -0.366 e. The number of nitrogens with two attached hydrogens (primary N) is 1. The Bertz CT molecular complexity index is 626. The molecule has 2 rings (SSSR count). The van der Waals surface area contributed by atoms with Gasteiger partial charge in [-0.25, -0.2) is 0 Å². The summed E-state index contributed by atoms with van der Waals surface area (Å²) in [5.41, 5.74) is 10.9. The maximum absolute atomic E-state index is 12.1. The maximum Gasteiger partial charge on any atom is 0.251 e. The van der Waals surface area contributed by atoms with Gasteiger partial charge in [-0.05, 0) is 48.6 Å². The Kier molecular flexibility index (Phi) is 5.83. The Morgan fingerprint density at radius 1 is 1.27 bits per heavy atom. The standard InChI is InChI=1S/C18H26N2OS/c1-4-6-8-15-17(14-9-11-22-12-14)16(18(19)21)13(3)20(15)10-7-5-2/h9,11-12H,4-8,10H2,1-3H3,(H2,19,21). The zero-order chi connectivity index (χ0) is 16.1. The van der Waals surface area contributed by atoms with Gasteiger partial charge in [0.15, 0.2) is 0 Å². The Labute approximate surface area is 137 Å². The summed E-state index contributed by atoms with van der Waals surface area (Å²) in [5.74, 6) is -0.313. The number of amides is 1. The molecule has 0 bridgehead atoms. The van der Waals surface area contributed by atoms with Gasteiger partial charge in [-0.1, -0.05) is 26.7 Å². The highest BCUT2D eigenvalue weighted by Crippen LogP contribution is 2.35. The van der Waals surface area contributed by atoms with Gasteiger partial charge in [0, 0.05) is 23.5 Å². The zero-order valence-corrected chi connectivity index (χ0v) is 14.6. The number of thiophene rings is 1. The van der Waals surface area contributed by atoms with Gasteiger partial charge in [0.1, 0.15) is 0 Å². The maximum atomic E-state index is 12.1. The van der Waals surface area contributed by atoms with Gasteiger partial charge in [0.2, 0.25) is 0 Å². The van der Waals surface area contributed by atoms with E-state index in [9.17, 15) is 4.79 Å². The van der Waals surface area contributed by atoms with Crippen molar-refractivity contribution in [3.63, 3.8) is 0 Å². The van der Waals surface area contributed by atoms with Gasteiger partial charge in [0.05, 0.1) is 5.56 Å². The van der Waals surface area contributed by atoms with Crippen LogP contribution in [0.25, 0.3) is 11.1 Å². The zero-order valence-electron chi connectivity index (χ0n) is 13.8. The number of unbranched alkanes of at least 4 members (excludes halogenated alkanes) is 2. The van der Waals surface area contributed by atoms with Gasteiger partial charge >= 0.3 is 0 Å². The quantitative estimate of drug-likeness (QED) is 0.749. The molecule has 22 heavy (non-hydrogen) atoms. The molecule has 0 aliphatic carbocycles. The SMILES string of the molecule is CCCCc1c(-c2ccsc2)c(C(N)=O)c(C)n1CCCC. The summed E-state index contributed by atoms with van der Waals surface area (Å²) >= 11 is 1.66. The van der Waals surface area contributed by atoms with E-state index in [0.29, 0.717) is 5.56 Å². The van der Waals surface area contributed by atoms with Crippen LogP contribution in [0.4, 0.5) is 0 Å². The third-order valence-corrected chi connectivity index (χ3v) is 4.87. The molecule has 0 spiro atoms. The van der Waals surface area contributed by atoms with Crippen molar-refractivity contribution in [1.82, 2.24) is 4.57 Å². The first-order valence-electron chi connectivity index (χ1n) is 8.16. The minimum atomic E-state index is -0.313. The first kappa shape index (κ1) is 16.8. The molecule has 0 saturated heterocycles. The highest BCUT2D eigenvalue weighted by molar-refractivity contribution is 7.08. The lowest BCUT2D eigenvalue weighted by atomic mass is 10.00. The highest BCUT2D eigenvalue weighted by Gasteiger charge is 2.24. The molecule has 2 heterocycles. The largest absolute Gasteiger partial charge is 0.366 e. The molecule has 1 amide bonds. The number of primary amides is 1. The second-order valence-corrected chi connectivity index (χ2v) is 6.55. The van der Waals surface area contributed by atoms with E-state index in [4.69, 9.17) is 5.73 Å². The number of aromatic nitrogens is 1. The third-order valence-electron chi connectivity index (χ3n) is 4.19. The molecule has 0 radical (unpaired) electrons. The summed E-state index contributed by atoms with van der Waals surface area (Å²) in [6.45, 7) is 7.39. The highest BCUT2D eigenvalue weighted by atomic mass is 32.1. The predicted molar refractivity (Wildman–Crippen MR) is 94.5 cm³/mol. The molecule has 4 heteroatoms. The van der Waals surface area contributed by atoms with Crippen LogP contribution in [-0.2, 0) is 13.0 Å². The third kappa shape index (κ3) is 3.27. The summed E-state index contributed by atoms with van der Waals surface area (Å²) in [4.78, 5) is 12.1. The fourth-order valence-corrected chi connectivity index (χ4v) is 3.69. The first-order valence-corrected chi connectivity index (χ1v) is 9.10. The summed E-state index contributed by atoms with van der Waals surface area (Å²) in [6, 6.07) is 2.09. The Morgan fingerprint density at radius 3 is 2.55 bits per heavy atom. The fraction of sp³-hybridized carbons (Fsp3) is 0.500. The minimum absolute atomic E-state index is 0.313. The Morgan fingerprint density at radius 2 is 2.00 bits per heavy atom. The van der Waals surface area contributed by atoms with E-state index >= 15 is 0 Å². The average molecular weight is 318 g/mol. The molecule has 0 fully saturated rings. The van der Waals surface area contributed by atoms with E-state index in [0.717, 1.165) is 55.5 Å². The molecule has 0 unspecified atom stereocenters. The summed E-state index contributed by atoms with van der Waals surface area (Å²) in [7, 11) is 0. The summed E-state index contributed by atoms with van der Waals surface area (Å²) in [6.07, 6.45) is 5.54. The van der Waals surface area contributed by atoms with Crippen molar-refractivity contribution >= 4 is 17.2 Å². The molecule has 0 atom stereocenters.